The standard InChI is InChI=1S/C23H23N3O2.4C2H6/c27-23-12-20-13-24-16-26(20)14-17-4-1-7-21(10-17)28-22-8-2-5-18(11-22)19-6-3-9-25(23)15-19;4*1-2/h1-2,4-5,7-8,10-11,13,16,19H,3,6,9,12,14-15H2;4*1-2H3. The summed E-state index contributed by atoms with van der Waals surface area (Å²) in [6.45, 7) is 18.3. The summed E-state index contributed by atoms with van der Waals surface area (Å²) in [4.78, 5) is 19.3. The van der Waals surface area contributed by atoms with Gasteiger partial charge in [-0.2, -0.15) is 0 Å². The zero-order valence-corrected chi connectivity index (χ0v) is 23.8. The molecule has 5 nitrogen and oxygen atoms in total. The molecule has 0 radical (unpaired) electrons. The van der Waals surface area contributed by atoms with Gasteiger partial charge in [0.2, 0.25) is 5.91 Å². The maximum Gasteiger partial charge on any atom is 0.228 e. The highest BCUT2D eigenvalue weighted by Gasteiger charge is 2.26. The van der Waals surface area contributed by atoms with Gasteiger partial charge >= 0.3 is 0 Å². The van der Waals surface area contributed by atoms with Crippen LogP contribution in [0.2, 0.25) is 0 Å². The summed E-state index contributed by atoms with van der Waals surface area (Å²) in [5.74, 6) is 2.20. The molecule has 1 unspecified atom stereocenters. The van der Waals surface area contributed by atoms with Crippen LogP contribution in [0, 0.1) is 0 Å². The van der Waals surface area contributed by atoms with Gasteiger partial charge in [0.25, 0.3) is 0 Å². The highest BCUT2D eigenvalue weighted by molar-refractivity contribution is 5.78. The molecule has 1 amide bonds. The number of imidazole rings is 1. The van der Waals surface area contributed by atoms with Gasteiger partial charge in [-0.25, -0.2) is 4.98 Å². The third-order valence-electron chi connectivity index (χ3n) is 5.72. The molecule has 3 heterocycles. The van der Waals surface area contributed by atoms with Gasteiger partial charge < -0.3 is 14.2 Å². The van der Waals surface area contributed by atoms with Crippen LogP contribution in [0.1, 0.15) is 91.0 Å². The first-order chi connectivity index (χ1) is 17.7. The molecule has 1 saturated heterocycles. The van der Waals surface area contributed by atoms with E-state index in [1.54, 1.807) is 12.5 Å². The van der Waals surface area contributed by atoms with E-state index in [0.29, 0.717) is 18.9 Å². The molecule has 36 heavy (non-hydrogen) atoms. The smallest absolute Gasteiger partial charge is 0.228 e. The maximum absolute atomic E-state index is 13.0. The third-order valence-corrected chi connectivity index (χ3v) is 5.72. The van der Waals surface area contributed by atoms with Crippen molar-refractivity contribution in [2.45, 2.75) is 87.1 Å². The average molecular weight is 494 g/mol. The van der Waals surface area contributed by atoms with Gasteiger partial charge in [0.05, 0.1) is 12.7 Å². The summed E-state index contributed by atoms with van der Waals surface area (Å²) in [6.07, 6.45) is 6.13. The fourth-order valence-corrected chi connectivity index (χ4v) is 4.25. The number of hydrogen-bond donors (Lipinski definition) is 0. The van der Waals surface area contributed by atoms with Gasteiger partial charge in [-0.15, -0.1) is 0 Å². The normalized spacial score (nSPS) is 15.6. The van der Waals surface area contributed by atoms with Crippen molar-refractivity contribution >= 4 is 5.91 Å². The van der Waals surface area contributed by atoms with E-state index in [4.69, 9.17) is 4.74 Å². The fraction of sp³-hybridized carbons (Fsp3) is 0.484. The van der Waals surface area contributed by atoms with E-state index in [1.165, 1.54) is 5.56 Å². The number of carbonyl (C=O) groups is 1. The minimum Gasteiger partial charge on any atom is -0.457 e. The highest BCUT2D eigenvalue weighted by Crippen LogP contribution is 2.31. The Morgan fingerprint density at radius 2 is 1.56 bits per heavy atom. The average Bonchev–Trinajstić information content (AvgIpc) is 3.39. The largest absolute Gasteiger partial charge is 0.457 e. The lowest BCUT2D eigenvalue weighted by Crippen LogP contribution is -2.40. The summed E-state index contributed by atoms with van der Waals surface area (Å²) in [5.41, 5.74) is 3.31. The van der Waals surface area contributed by atoms with E-state index < -0.39 is 0 Å². The van der Waals surface area contributed by atoms with Crippen LogP contribution in [0.4, 0.5) is 0 Å². The topological polar surface area (TPSA) is 47.4 Å². The number of hydrogen-bond acceptors (Lipinski definition) is 3. The number of rotatable bonds is 0. The van der Waals surface area contributed by atoms with E-state index in [2.05, 4.69) is 33.8 Å². The van der Waals surface area contributed by atoms with Gasteiger partial charge in [0.15, 0.2) is 0 Å². The summed E-state index contributed by atoms with van der Waals surface area (Å²) in [5, 5.41) is 0. The predicted molar refractivity (Wildman–Crippen MR) is 152 cm³/mol. The minimum absolute atomic E-state index is 0.183. The molecule has 198 valence electrons. The molecule has 2 aromatic carbocycles. The number of nitrogens with zero attached hydrogens (tertiary/aromatic N) is 3. The number of ether oxygens (including phenoxy) is 1. The Morgan fingerprint density at radius 1 is 0.889 bits per heavy atom. The predicted octanol–water partition coefficient (Wildman–Crippen LogP) is 8.09. The molecule has 0 spiro atoms. The Kier molecular flexibility index (Phi) is 14.9. The van der Waals surface area contributed by atoms with E-state index in [-0.39, 0.29) is 5.91 Å². The number of carbonyl (C=O) groups excluding carboxylic acids is 1. The van der Waals surface area contributed by atoms with Crippen molar-refractivity contribution in [2.75, 3.05) is 13.1 Å². The van der Waals surface area contributed by atoms with E-state index in [1.807, 2.05) is 84.6 Å². The second-order valence-electron chi connectivity index (χ2n) is 7.69. The number of piperidine rings is 1. The first-order valence-electron chi connectivity index (χ1n) is 13.9. The molecule has 3 aromatic rings. The van der Waals surface area contributed by atoms with Crippen molar-refractivity contribution in [1.29, 1.82) is 0 Å². The molecule has 1 aromatic heterocycles. The minimum atomic E-state index is 0.183. The summed E-state index contributed by atoms with van der Waals surface area (Å²) >= 11 is 0. The summed E-state index contributed by atoms with van der Waals surface area (Å²) < 4.78 is 8.21. The molecule has 5 heteroatoms. The van der Waals surface area contributed by atoms with Crippen LogP contribution < -0.4 is 4.74 Å². The molecule has 0 aliphatic carbocycles. The quantitative estimate of drug-likeness (QED) is 0.318. The van der Waals surface area contributed by atoms with Gasteiger partial charge in [0.1, 0.15) is 11.5 Å². The molecule has 6 bridgehead atoms. The molecule has 2 aliphatic rings. The van der Waals surface area contributed by atoms with Gasteiger partial charge in [-0.3, -0.25) is 4.79 Å². The summed E-state index contributed by atoms with van der Waals surface area (Å²) in [7, 11) is 0. The third kappa shape index (κ3) is 8.54. The lowest BCUT2D eigenvalue weighted by atomic mass is 9.90. The number of benzene rings is 2. The lowest BCUT2D eigenvalue weighted by Gasteiger charge is -2.33. The molecule has 1 atom stereocenters. The number of amides is 1. The van der Waals surface area contributed by atoms with Crippen molar-refractivity contribution in [3.8, 4) is 11.5 Å². The SMILES string of the molecule is CC.CC.CC.CC.O=C1Cc2cncn2Cc2cccc(c2)Oc2cccc(c2)C2CCCN1C2. The van der Waals surface area contributed by atoms with Gasteiger partial charge in [0, 0.05) is 37.4 Å². The number of aromatic nitrogens is 2. The Labute approximate surface area is 219 Å². The Balaban J connectivity index is 0.000000741. The molecule has 0 N–H and O–H groups in total. The van der Waals surface area contributed by atoms with Crippen molar-refractivity contribution in [3.05, 3.63) is 77.9 Å². The molecule has 1 fully saturated rings. The van der Waals surface area contributed by atoms with Crippen molar-refractivity contribution in [3.63, 3.8) is 0 Å². The second-order valence-corrected chi connectivity index (χ2v) is 7.69. The molecule has 5 rings (SSSR count). The van der Waals surface area contributed by atoms with Gasteiger partial charge in [-0.1, -0.05) is 79.7 Å². The van der Waals surface area contributed by atoms with Crippen LogP contribution in [0.25, 0.3) is 0 Å². The summed E-state index contributed by atoms with van der Waals surface area (Å²) in [6, 6.07) is 16.4. The Bertz CT molecular complexity index is 1010. The van der Waals surface area contributed by atoms with Gasteiger partial charge in [-0.05, 0) is 48.2 Å². The zero-order valence-electron chi connectivity index (χ0n) is 23.8. The number of fused-ring (bicyclic) bond motifs is 8. The van der Waals surface area contributed by atoms with Crippen LogP contribution >= 0.6 is 0 Å². The molecular formula is C31H47N3O2. The molecule has 2 aliphatic heterocycles. The van der Waals surface area contributed by atoms with Crippen molar-refractivity contribution in [2.24, 2.45) is 0 Å². The van der Waals surface area contributed by atoms with Crippen LogP contribution in [-0.4, -0.2) is 33.4 Å². The zero-order chi connectivity index (χ0) is 26.9. The van der Waals surface area contributed by atoms with Crippen LogP contribution in [0.3, 0.4) is 0 Å². The van der Waals surface area contributed by atoms with Crippen LogP contribution in [-0.2, 0) is 17.8 Å². The van der Waals surface area contributed by atoms with Crippen LogP contribution in [0.15, 0.2) is 61.1 Å². The Morgan fingerprint density at radius 3 is 2.28 bits per heavy atom. The van der Waals surface area contributed by atoms with E-state index in [9.17, 15) is 4.79 Å². The van der Waals surface area contributed by atoms with Crippen LogP contribution in [0.5, 0.6) is 11.5 Å². The first-order valence-corrected chi connectivity index (χ1v) is 13.9. The highest BCUT2D eigenvalue weighted by atomic mass is 16.5. The monoisotopic (exact) mass is 493 g/mol. The first kappa shape index (κ1) is 31.0. The fourth-order valence-electron chi connectivity index (χ4n) is 4.25. The van der Waals surface area contributed by atoms with Crippen molar-refractivity contribution in [1.82, 2.24) is 14.5 Å². The molecular weight excluding hydrogens is 446 g/mol. The second kappa shape index (κ2) is 17.4. The van der Waals surface area contributed by atoms with E-state index >= 15 is 0 Å². The molecule has 0 saturated carbocycles. The Hall–Kier alpha value is -3.08. The van der Waals surface area contributed by atoms with Crippen molar-refractivity contribution < 1.29 is 9.53 Å². The van der Waals surface area contributed by atoms with E-state index in [0.717, 1.165) is 48.7 Å². The maximum atomic E-state index is 13.0. The lowest BCUT2D eigenvalue weighted by molar-refractivity contribution is -0.131.